The van der Waals surface area contributed by atoms with Gasteiger partial charge in [0.05, 0.1) is 19.1 Å². The topological polar surface area (TPSA) is 67.0 Å². The highest BCUT2D eigenvalue weighted by atomic mass is 16.5. The van der Waals surface area contributed by atoms with E-state index >= 15 is 0 Å². The summed E-state index contributed by atoms with van der Waals surface area (Å²) in [7, 11) is 0. The average molecular weight is 333 g/mol. The van der Waals surface area contributed by atoms with Crippen LogP contribution in [0.4, 0.5) is 5.69 Å². The third kappa shape index (κ3) is 3.46. The maximum atomic E-state index is 12.4. The van der Waals surface area contributed by atoms with E-state index in [0.29, 0.717) is 13.0 Å². The molecule has 1 amide bonds. The first-order valence-corrected chi connectivity index (χ1v) is 8.39. The standard InChI is InChI=1S/C20H19N3O2/c24-19(13-18-17-4-2-1-3-14(17)9-12-25-18)23-16-7-5-15(6-8-16)20-21-10-11-22-20/h1-8,10-11,18H,9,12-13H2,(H,21,22)(H,23,24)/t18-/m0/s1. The second-order valence-electron chi connectivity index (χ2n) is 6.08. The fourth-order valence-electron chi connectivity index (χ4n) is 3.16. The molecule has 0 aliphatic carbocycles. The zero-order valence-electron chi connectivity index (χ0n) is 13.7. The first-order valence-electron chi connectivity index (χ1n) is 8.39. The second kappa shape index (κ2) is 6.91. The van der Waals surface area contributed by atoms with E-state index in [1.165, 1.54) is 5.56 Å². The van der Waals surface area contributed by atoms with Crippen LogP contribution in [0.3, 0.4) is 0 Å². The molecule has 2 heterocycles. The average Bonchev–Trinajstić information content (AvgIpc) is 3.17. The number of fused-ring (bicyclic) bond motifs is 1. The summed E-state index contributed by atoms with van der Waals surface area (Å²) in [5.74, 6) is 0.762. The molecule has 3 aromatic rings. The molecule has 1 aliphatic heterocycles. The van der Waals surface area contributed by atoms with Gasteiger partial charge in [-0.1, -0.05) is 24.3 Å². The zero-order chi connectivity index (χ0) is 17.1. The van der Waals surface area contributed by atoms with E-state index in [4.69, 9.17) is 4.74 Å². The molecule has 0 spiro atoms. The molecular weight excluding hydrogens is 314 g/mol. The van der Waals surface area contributed by atoms with Crippen molar-refractivity contribution in [1.29, 1.82) is 0 Å². The Morgan fingerprint density at radius 1 is 1.20 bits per heavy atom. The van der Waals surface area contributed by atoms with Gasteiger partial charge in [-0.05, 0) is 41.8 Å². The Labute approximate surface area is 146 Å². The summed E-state index contributed by atoms with van der Waals surface area (Å²) in [5.41, 5.74) is 4.14. The molecule has 0 saturated carbocycles. The highest BCUT2D eigenvalue weighted by Gasteiger charge is 2.23. The van der Waals surface area contributed by atoms with Gasteiger partial charge in [0, 0.05) is 23.6 Å². The molecule has 126 valence electrons. The van der Waals surface area contributed by atoms with Crippen molar-refractivity contribution in [3.05, 3.63) is 72.1 Å². The maximum Gasteiger partial charge on any atom is 0.227 e. The number of carbonyl (C=O) groups excluding carboxylic acids is 1. The quantitative estimate of drug-likeness (QED) is 0.765. The zero-order valence-corrected chi connectivity index (χ0v) is 13.7. The lowest BCUT2D eigenvalue weighted by molar-refractivity contribution is -0.119. The maximum absolute atomic E-state index is 12.4. The predicted molar refractivity (Wildman–Crippen MR) is 96.1 cm³/mol. The highest BCUT2D eigenvalue weighted by Crippen LogP contribution is 2.29. The van der Waals surface area contributed by atoms with Crippen LogP contribution in [0.15, 0.2) is 60.9 Å². The number of aromatic nitrogens is 2. The Bertz CT molecular complexity index is 857. The Balaban J connectivity index is 1.41. The fourth-order valence-corrected chi connectivity index (χ4v) is 3.16. The van der Waals surface area contributed by atoms with Crippen molar-refractivity contribution < 1.29 is 9.53 Å². The van der Waals surface area contributed by atoms with Crippen LogP contribution in [0.1, 0.15) is 23.7 Å². The van der Waals surface area contributed by atoms with Crippen molar-refractivity contribution in [2.24, 2.45) is 0 Å². The number of carbonyl (C=O) groups is 1. The normalized spacial score (nSPS) is 16.2. The van der Waals surface area contributed by atoms with Crippen LogP contribution in [0.25, 0.3) is 11.4 Å². The van der Waals surface area contributed by atoms with E-state index in [2.05, 4.69) is 21.4 Å². The summed E-state index contributed by atoms with van der Waals surface area (Å²) < 4.78 is 5.81. The number of imidazole rings is 1. The fraction of sp³-hybridized carbons (Fsp3) is 0.200. The number of rotatable bonds is 4. The van der Waals surface area contributed by atoms with Crippen molar-refractivity contribution in [3.63, 3.8) is 0 Å². The van der Waals surface area contributed by atoms with Gasteiger partial charge >= 0.3 is 0 Å². The number of ether oxygens (including phenoxy) is 1. The van der Waals surface area contributed by atoms with Crippen LogP contribution in [0.2, 0.25) is 0 Å². The van der Waals surface area contributed by atoms with Gasteiger partial charge < -0.3 is 15.0 Å². The summed E-state index contributed by atoms with van der Waals surface area (Å²) in [5, 5.41) is 2.94. The summed E-state index contributed by atoms with van der Waals surface area (Å²) in [4.78, 5) is 19.7. The Hall–Kier alpha value is -2.92. The van der Waals surface area contributed by atoms with Crippen LogP contribution in [-0.4, -0.2) is 22.5 Å². The van der Waals surface area contributed by atoms with Gasteiger partial charge in [0.25, 0.3) is 0 Å². The number of amides is 1. The molecule has 5 heteroatoms. The van der Waals surface area contributed by atoms with Crippen LogP contribution in [0.5, 0.6) is 0 Å². The number of hydrogen-bond acceptors (Lipinski definition) is 3. The first-order chi connectivity index (χ1) is 12.3. The van der Waals surface area contributed by atoms with Gasteiger partial charge in [-0.25, -0.2) is 4.98 Å². The smallest absolute Gasteiger partial charge is 0.227 e. The van der Waals surface area contributed by atoms with Gasteiger partial charge in [0.2, 0.25) is 5.91 Å². The molecule has 1 atom stereocenters. The van der Waals surface area contributed by atoms with E-state index in [0.717, 1.165) is 29.1 Å². The third-order valence-electron chi connectivity index (χ3n) is 4.40. The minimum Gasteiger partial charge on any atom is -0.373 e. The largest absolute Gasteiger partial charge is 0.373 e. The molecule has 1 aliphatic rings. The number of hydrogen-bond donors (Lipinski definition) is 2. The van der Waals surface area contributed by atoms with Gasteiger partial charge in [0.1, 0.15) is 5.82 Å². The Kier molecular flexibility index (Phi) is 4.31. The second-order valence-corrected chi connectivity index (χ2v) is 6.08. The van der Waals surface area contributed by atoms with Crippen LogP contribution in [-0.2, 0) is 16.0 Å². The number of benzene rings is 2. The molecule has 0 bridgehead atoms. The third-order valence-corrected chi connectivity index (χ3v) is 4.40. The number of H-pyrrole nitrogens is 1. The minimum absolute atomic E-state index is 0.0487. The lowest BCUT2D eigenvalue weighted by atomic mass is 9.95. The minimum atomic E-state index is -0.174. The molecule has 0 fully saturated rings. The van der Waals surface area contributed by atoms with Crippen LogP contribution in [0, 0.1) is 0 Å². The molecule has 0 radical (unpaired) electrons. The van der Waals surface area contributed by atoms with Gasteiger partial charge in [-0.15, -0.1) is 0 Å². The summed E-state index contributed by atoms with van der Waals surface area (Å²) in [6, 6.07) is 15.8. The molecule has 2 aromatic carbocycles. The van der Waals surface area contributed by atoms with E-state index in [1.54, 1.807) is 12.4 Å². The number of aromatic amines is 1. The van der Waals surface area contributed by atoms with E-state index < -0.39 is 0 Å². The number of nitrogens with zero attached hydrogens (tertiary/aromatic N) is 1. The van der Waals surface area contributed by atoms with E-state index in [-0.39, 0.29) is 12.0 Å². The lowest BCUT2D eigenvalue weighted by Gasteiger charge is -2.25. The summed E-state index contributed by atoms with van der Waals surface area (Å²) in [6.45, 7) is 0.660. The van der Waals surface area contributed by atoms with Gasteiger partial charge in [-0.2, -0.15) is 0 Å². The van der Waals surface area contributed by atoms with E-state index in [1.807, 2.05) is 42.5 Å². The first kappa shape index (κ1) is 15.6. The van der Waals surface area contributed by atoms with E-state index in [9.17, 15) is 4.79 Å². The molecule has 4 rings (SSSR count). The van der Waals surface area contributed by atoms with Crippen molar-refractivity contribution in [1.82, 2.24) is 9.97 Å². The van der Waals surface area contributed by atoms with Gasteiger partial charge in [0.15, 0.2) is 0 Å². The number of nitrogens with one attached hydrogen (secondary N) is 2. The number of anilines is 1. The van der Waals surface area contributed by atoms with Crippen LogP contribution >= 0.6 is 0 Å². The van der Waals surface area contributed by atoms with Crippen molar-refractivity contribution >= 4 is 11.6 Å². The lowest BCUT2D eigenvalue weighted by Crippen LogP contribution is -2.22. The summed E-state index contributed by atoms with van der Waals surface area (Å²) in [6.07, 6.45) is 4.55. The van der Waals surface area contributed by atoms with Gasteiger partial charge in [-0.3, -0.25) is 4.79 Å². The molecule has 0 saturated heterocycles. The van der Waals surface area contributed by atoms with Crippen molar-refractivity contribution in [2.75, 3.05) is 11.9 Å². The molecule has 1 aromatic heterocycles. The van der Waals surface area contributed by atoms with Crippen LogP contribution < -0.4 is 5.32 Å². The van der Waals surface area contributed by atoms with Crippen molar-refractivity contribution in [2.45, 2.75) is 18.9 Å². The summed E-state index contributed by atoms with van der Waals surface area (Å²) >= 11 is 0. The predicted octanol–water partition coefficient (Wildman–Crippen LogP) is 3.72. The Morgan fingerprint density at radius 3 is 2.84 bits per heavy atom. The molecule has 2 N–H and O–H groups in total. The Morgan fingerprint density at radius 2 is 2.04 bits per heavy atom. The molecule has 5 nitrogen and oxygen atoms in total. The van der Waals surface area contributed by atoms with Crippen molar-refractivity contribution in [3.8, 4) is 11.4 Å². The molecule has 25 heavy (non-hydrogen) atoms. The SMILES string of the molecule is O=C(C[C@@H]1OCCc2ccccc21)Nc1ccc(-c2ncc[nH]2)cc1. The monoisotopic (exact) mass is 333 g/mol. The molecule has 0 unspecified atom stereocenters. The molecular formula is C20H19N3O2. The highest BCUT2D eigenvalue weighted by molar-refractivity contribution is 5.91.